The first-order chi connectivity index (χ1) is 7.38. The molecular formula is C9H19N3O3S. The maximum atomic E-state index is 11.6. The van der Waals surface area contributed by atoms with Gasteiger partial charge in [0.2, 0.25) is 15.9 Å². The van der Waals surface area contributed by atoms with E-state index in [1.807, 2.05) is 0 Å². The maximum Gasteiger partial charge on any atom is 0.239 e. The van der Waals surface area contributed by atoms with Crippen molar-refractivity contribution in [2.45, 2.75) is 19.9 Å². The smallest absolute Gasteiger partial charge is 0.239 e. The van der Waals surface area contributed by atoms with E-state index >= 15 is 0 Å². The summed E-state index contributed by atoms with van der Waals surface area (Å²) in [5.41, 5.74) is 5.49. The zero-order valence-corrected chi connectivity index (χ0v) is 10.5. The molecule has 2 N–H and O–H groups in total. The van der Waals surface area contributed by atoms with Gasteiger partial charge in [0.25, 0.3) is 0 Å². The highest BCUT2D eigenvalue weighted by atomic mass is 32.2. The first-order valence-corrected chi connectivity index (χ1v) is 7.01. The van der Waals surface area contributed by atoms with Crippen LogP contribution in [0.4, 0.5) is 0 Å². The van der Waals surface area contributed by atoms with Crippen molar-refractivity contribution in [3.63, 3.8) is 0 Å². The van der Waals surface area contributed by atoms with Gasteiger partial charge in [-0.05, 0) is 13.8 Å². The van der Waals surface area contributed by atoms with Crippen LogP contribution < -0.4 is 5.73 Å². The molecule has 0 aliphatic carbocycles. The molecule has 1 aliphatic heterocycles. The topological polar surface area (TPSA) is 83.7 Å². The van der Waals surface area contributed by atoms with Gasteiger partial charge in [-0.15, -0.1) is 0 Å². The first kappa shape index (κ1) is 13.4. The van der Waals surface area contributed by atoms with Crippen LogP contribution in [0.1, 0.15) is 13.8 Å². The summed E-state index contributed by atoms with van der Waals surface area (Å²) >= 11 is 0. The molecule has 0 saturated carbocycles. The van der Waals surface area contributed by atoms with Crippen LogP contribution in [0.25, 0.3) is 0 Å². The van der Waals surface area contributed by atoms with Gasteiger partial charge in [0, 0.05) is 26.2 Å². The standard InChI is InChI=1S/C9H19N3O3S/c1-3-16(14,15)12-6-4-11(5-7-12)9(13)8(2)10/h8H,3-7,10H2,1-2H3/t8-/m1/s1. The summed E-state index contributed by atoms with van der Waals surface area (Å²) < 4.78 is 24.6. The highest BCUT2D eigenvalue weighted by Gasteiger charge is 2.28. The van der Waals surface area contributed by atoms with Crippen LogP contribution in [0, 0.1) is 0 Å². The number of carbonyl (C=O) groups excluding carboxylic acids is 1. The van der Waals surface area contributed by atoms with Gasteiger partial charge in [0.1, 0.15) is 0 Å². The number of rotatable bonds is 3. The number of hydrogen-bond donors (Lipinski definition) is 1. The number of hydrogen-bond acceptors (Lipinski definition) is 4. The van der Waals surface area contributed by atoms with Crippen molar-refractivity contribution in [2.75, 3.05) is 31.9 Å². The minimum Gasteiger partial charge on any atom is -0.339 e. The van der Waals surface area contributed by atoms with E-state index in [1.54, 1.807) is 18.7 Å². The Bertz CT molecular complexity index is 345. The molecule has 1 saturated heterocycles. The molecule has 1 amide bonds. The number of nitrogens with two attached hydrogens (primary N) is 1. The summed E-state index contributed by atoms with van der Waals surface area (Å²) in [5.74, 6) is -0.0117. The van der Waals surface area contributed by atoms with Crippen LogP contribution in [-0.2, 0) is 14.8 Å². The second-order valence-electron chi connectivity index (χ2n) is 3.91. The second kappa shape index (κ2) is 5.11. The quantitative estimate of drug-likeness (QED) is 0.683. The van der Waals surface area contributed by atoms with E-state index in [2.05, 4.69) is 0 Å². The van der Waals surface area contributed by atoms with Gasteiger partial charge in [0.15, 0.2) is 0 Å². The molecule has 0 radical (unpaired) electrons. The van der Waals surface area contributed by atoms with Crippen molar-refractivity contribution >= 4 is 15.9 Å². The van der Waals surface area contributed by atoms with E-state index in [9.17, 15) is 13.2 Å². The lowest BCUT2D eigenvalue weighted by Gasteiger charge is -2.34. The summed E-state index contributed by atoms with van der Waals surface area (Å²) in [4.78, 5) is 13.2. The molecule has 0 aromatic carbocycles. The molecule has 0 spiro atoms. The zero-order valence-electron chi connectivity index (χ0n) is 9.72. The molecular weight excluding hydrogens is 230 g/mol. The SMILES string of the molecule is CCS(=O)(=O)N1CCN(C(=O)[C@@H](C)N)CC1. The van der Waals surface area contributed by atoms with Gasteiger partial charge in [-0.25, -0.2) is 8.42 Å². The van der Waals surface area contributed by atoms with E-state index in [-0.39, 0.29) is 11.7 Å². The molecule has 7 heteroatoms. The van der Waals surface area contributed by atoms with Crippen LogP contribution >= 0.6 is 0 Å². The zero-order chi connectivity index (χ0) is 12.3. The number of piperazine rings is 1. The van der Waals surface area contributed by atoms with Crippen LogP contribution in [0.3, 0.4) is 0 Å². The van der Waals surface area contributed by atoms with Gasteiger partial charge in [-0.2, -0.15) is 4.31 Å². The highest BCUT2D eigenvalue weighted by molar-refractivity contribution is 7.89. The van der Waals surface area contributed by atoms with Crippen LogP contribution in [-0.4, -0.2) is 61.5 Å². The predicted octanol–water partition coefficient (Wildman–Crippen LogP) is -1.17. The van der Waals surface area contributed by atoms with Gasteiger partial charge < -0.3 is 10.6 Å². The van der Waals surface area contributed by atoms with E-state index in [1.165, 1.54) is 4.31 Å². The lowest BCUT2D eigenvalue weighted by atomic mass is 10.2. The summed E-state index contributed by atoms with van der Waals surface area (Å²) in [6.07, 6.45) is 0. The van der Waals surface area contributed by atoms with Crippen molar-refractivity contribution in [3.05, 3.63) is 0 Å². The normalized spacial score (nSPS) is 20.8. The Morgan fingerprint density at radius 2 is 1.81 bits per heavy atom. The van der Waals surface area contributed by atoms with Crippen LogP contribution in [0.2, 0.25) is 0 Å². The van der Waals surface area contributed by atoms with Gasteiger partial charge >= 0.3 is 0 Å². The molecule has 6 nitrogen and oxygen atoms in total. The summed E-state index contributed by atoms with van der Waals surface area (Å²) in [5, 5.41) is 0. The average molecular weight is 249 g/mol. The third-order valence-corrected chi connectivity index (χ3v) is 4.58. The fraction of sp³-hybridized carbons (Fsp3) is 0.889. The second-order valence-corrected chi connectivity index (χ2v) is 6.17. The monoisotopic (exact) mass is 249 g/mol. The molecule has 0 bridgehead atoms. The van der Waals surface area contributed by atoms with Crippen LogP contribution in [0.15, 0.2) is 0 Å². The molecule has 1 fully saturated rings. The van der Waals surface area contributed by atoms with E-state index < -0.39 is 16.1 Å². The van der Waals surface area contributed by atoms with Crippen molar-refractivity contribution < 1.29 is 13.2 Å². The lowest BCUT2D eigenvalue weighted by Crippen LogP contribution is -2.53. The van der Waals surface area contributed by atoms with Crippen molar-refractivity contribution in [2.24, 2.45) is 5.73 Å². The molecule has 94 valence electrons. The van der Waals surface area contributed by atoms with Gasteiger partial charge in [-0.1, -0.05) is 0 Å². The third-order valence-electron chi connectivity index (χ3n) is 2.70. The fourth-order valence-electron chi connectivity index (χ4n) is 1.66. The number of amides is 1. The Kier molecular flexibility index (Phi) is 4.28. The predicted molar refractivity (Wildman–Crippen MR) is 61.3 cm³/mol. The maximum absolute atomic E-state index is 11.6. The molecule has 16 heavy (non-hydrogen) atoms. The molecule has 1 aliphatic rings. The summed E-state index contributed by atoms with van der Waals surface area (Å²) in [6, 6.07) is -0.519. The van der Waals surface area contributed by atoms with Crippen molar-refractivity contribution in [1.29, 1.82) is 0 Å². The largest absolute Gasteiger partial charge is 0.339 e. The fourth-order valence-corrected chi connectivity index (χ4v) is 2.74. The summed E-state index contributed by atoms with van der Waals surface area (Å²) in [7, 11) is -3.13. The first-order valence-electron chi connectivity index (χ1n) is 5.40. The molecule has 0 aromatic rings. The molecule has 0 aromatic heterocycles. The average Bonchev–Trinajstić information content (AvgIpc) is 2.28. The Labute approximate surface area is 96.4 Å². The minimum absolute atomic E-state index is 0.105. The molecule has 1 heterocycles. The molecule has 0 unspecified atom stereocenters. The number of sulfonamides is 1. The number of nitrogens with zero attached hydrogens (tertiary/aromatic N) is 2. The van der Waals surface area contributed by atoms with Crippen molar-refractivity contribution in [3.8, 4) is 0 Å². The van der Waals surface area contributed by atoms with E-state index in [4.69, 9.17) is 5.73 Å². The van der Waals surface area contributed by atoms with E-state index in [0.29, 0.717) is 26.2 Å². The number of carbonyl (C=O) groups is 1. The van der Waals surface area contributed by atoms with E-state index in [0.717, 1.165) is 0 Å². The minimum atomic E-state index is -3.13. The third kappa shape index (κ3) is 2.93. The Balaban J connectivity index is 2.55. The van der Waals surface area contributed by atoms with Gasteiger partial charge in [-0.3, -0.25) is 4.79 Å². The Hall–Kier alpha value is -0.660. The lowest BCUT2D eigenvalue weighted by molar-refractivity contribution is -0.133. The van der Waals surface area contributed by atoms with Gasteiger partial charge in [0.05, 0.1) is 11.8 Å². The van der Waals surface area contributed by atoms with Crippen LogP contribution in [0.5, 0.6) is 0 Å². The molecule has 1 rings (SSSR count). The molecule has 1 atom stereocenters. The summed E-state index contributed by atoms with van der Waals surface area (Å²) in [6.45, 7) is 4.86. The highest BCUT2D eigenvalue weighted by Crippen LogP contribution is 2.08. The Morgan fingerprint density at radius 3 is 2.19 bits per heavy atom. The Morgan fingerprint density at radius 1 is 1.31 bits per heavy atom. The van der Waals surface area contributed by atoms with Crippen molar-refractivity contribution in [1.82, 2.24) is 9.21 Å².